The highest BCUT2D eigenvalue weighted by atomic mass is 16.7. The van der Waals surface area contributed by atoms with Crippen LogP contribution in [0.15, 0.2) is 12.3 Å². The maximum Gasteiger partial charge on any atom is 0.309 e. The van der Waals surface area contributed by atoms with E-state index in [1.165, 1.54) is 20.3 Å². The summed E-state index contributed by atoms with van der Waals surface area (Å²) in [6.45, 7) is 15.8. The van der Waals surface area contributed by atoms with E-state index in [0.29, 0.717) is 6.42 Å². The number of rotatable bonds is 9. The molecule has 2 unspecified atom stereocenters. The first kappa shape index (κ1) is 46.3. The number of ether oxygens (including phenoxy) is 7. The van der Waals surface area contributed by atoms with Gasteiger partial charge in [0, 0.05) is 38.5 Å². The molecule has 54 heavy (non-hydrogen) atoms. The number of Topliss-reactive ketones (excluding diaryl/α,β-unsaturated/α-hetero) is 1. The van der Waals surface area contributed by atoms with E-state index in [4.69, 9.17) is 39.6 Å². The van der Waals surface area contributed by atoms with Crippen LogP contribution in [-0.4, -0.2) is 132 Å². The van der Waals surface area contributed by atoms with Gasteiger partial charge in [-0.15, -0.1) is 6.42 Å². The van der Waals surface area contributed by atoms with Crippen LogP contribution in [-0.2, 0) is 42.7 Å². The zero-order valence-corrected chi connectivity index (χ0v) is 34.8. The molecule has 17 atom stereocenters. The number of carbonyl (C=O) groups excluding carboxylic acids is 2. The molecule has 3 rings (SSSR count). The van der Waals surface area contributed by atoms with Crippen LogP contribution in [0.25, 0.3) is 0 Å². The summed E-state index contributed by atoms with van der Waals surface area (Å²) in [6, 6.07) is 0.194. The number of cyclic esters (lactones) is 1. The Morgan fingerprint density at radius 2 is 1.59 bits per heavy atom. The fourth-order valence-corrected chi connectivity index (χ4v) is 8.73. The lowest BCUT2D eigenvalue weighted by Crippen LogP contribution is -2.57. The fraction of sp³-hybridized carbons (Fsp3) is 0.854. The van der Waals surface area contributed by atoms with Gasteiger partial charge < -0.3 is 53.4 Å². The Morgan fingerprint density at radius 3 is 2.15 bits per heavy atom. The number of ketones is 1. The van der Waals surface area contributed by atoms with Crippen molar-refractivity contribution in [2.75, 3.05) is 28.3 Å². The lowest BCUT2D eigenvalue weighted by atomic mass is 9.71. The van der Waals surface area contributed by atoms with Crippen LogP contribution >= 0.6 is 0 Å². The fourth-order valence-electron chi connectivity index (χ4n) is 8.73. The number of methoxy groups -OCH3 is 2. The number of hydrogen-bond donors (Lipinski definition) is 3. The molecule has 0 amide bonds. The van der Waals surface area contributed by atoms with Crippen LogP contribution in [0.5, 0.6) is 0 Å². The van der Waals surface area contributed by atoms with Crippen molar-refractivity contribution < 1.29 is 58.1 Å². The number of allylic oxidation sites excluding steroid dienone is 1. The minimum absolute atomic E-state index is 0.0469. The average Bonchev–Trinajstić information content (AvgIpc) is 3.13. The highest BCUT2D eigenvalue weighted by Gasteiger charge is 2.51. The minimum atomic E-state index is -1.93. The quantitative estimate of drug-likeness (QED) is 0.177. The number of aliphatic hydroxyl groups excluding tert-OH is 2. The maximum atomic E-state index is 14.1. The van der Waals surface area contributed by atoms with Crippen molar-refractivity contribution in [2.24, 2.45) is 29.6 Å². The summed E-state index contributed by atoms with van der Waals surface area (Å²) in [7, 11) is 7.05. The molecule has 0 aliphatic carbocycles. The van der Waals surface area contributed by atoms with E-state index in [9.17, 15) is 24.9 Å². The Morgan fingerprint density at radius 1 is 0.944 bits per heavy atom. The first-order chi connectivity index (χ1) is 25.1. The molecule has 3 saturated heterocycles. The van der Waals surface area contributed by atoms with Gasteiger partial charge in [0.1, 0.15) is 23.6 Å². The van der Waals surface area contributed by atoms with Gasteiger partial charge in [0.05, 0.1) is 48.6 Å². The second-order valence-corrected chi connectivity index (χ2v) is 16.7. The highest BCUT2D eigenvalue weighted by molar-refractivity contribution is 5.83. The van der Waals surface area contributed by atoms with Crippen molar-refractivity contribution >= 4 is 11.8 Å². The first-order valence-electron chi connectivity index (χ1n) is 19.5. The molecule has 0 radical (unpaired) electrons. The Labute approximate surface area is 323 Å². The van der Waals surface area contributed by atoms with Crippen molar-refractivity contribution in [3.05, 3.63) is 12.3 Å². The number of carbonyl (C=O) groups is 2. The smallest absolute Gasteiger partial charge is 0.309 e. The van der Waals surface area contributed by atoms with E-state index in [1.807, 2.05) is 34.9 Å². The van der Waals surface area contributed by atoms with Gasteiger partial charge in [0.25, 0.3) is 0 Å². The van der Waals surface area contributed by atoms with Crippen molar-refractivity contribution in [2.45, 2.75) is 166 Å². The second kappa shape index (κ2) is 18.9. The zero-order valence-electron chi connectivity index (χ0n) is 34.8. The van der Waals surface area contributed by atoms with Gasteiger partial charge in [0.2, 0.25) is 6.29 Å². The van der Waals surface area contributed by atoms with Crippen LogP contribution in [0.2, 0.25) is 0 Å². The zero-order chi connectivity index (χ0) is 40.9. The molecule has 3 aliphatic rings. The molecule has 0 aromatic heterocycles. The van der Waals surface area contributed by atoms with Gasteiger partial charge in [-0.3, -0.25) is 9.59 Å². The summed E-state index contributed by atoms with van der Waals surface area (Å²) in [5.74, 6) is -1.86. The van der Waals surface area contributed by atoms with E-state index >= 15 is 0 Å². The molecule has 13 nitrogen and oxygen atoms in total. The van der Waals surface area contributed by atoms with Crippen LogP contribution in [0.3, 0.4) is 0 Å². The van der Waals surface area contributed by atoms with E-state index < -0.39 is 95.5 Å². The molecule has 0 saturated carbocycles. The molecular weight excluding hydrogens is 698 g/mol. The predicted molar refractivity (Wildman–Crippen MR) is 202 cm³/mol. The van der Waals surface area contributed by atoms with Gasteiger partial charge in [-0.25, -0.2) is 0 Å². The largest absolute Gasteiger partial charge is 0.473 e. The van der Waals surface area contributed by atoms with Crippen molar-refractivity contribution in [3.63, 3.8) is 0 Å². The summed E-state index contributed by atoms with van der Waals surface area (Å²) < 4.78 is 43.2. The number of hydrogen-bond acceptors (Lipinski definition) is 13. The van der Waals surface area contributed by atoms with Gasteiger partial charge in [-0.1, -0.05) is 40.5 Å². The van der Waals surface area contributed by atoms with E-state index in [2.05, 4.69) is 10.8 Å². The molecule has 3 fully saturated rings. The van der Waals surface area contributed by atoms with Gasteiger partial charge in [-0.2, -0.15) is 0 Å². The SMILES string of the molecule is C#C[C@@]1(OC)C[C@H](O/C=C/C2[C@H](C)C(O[C@H]3C[C@@H](N(C)C)C[C@@H](C)O3)[C@](C)(OC)C[C@@H](C)C(=O)[C@H](C)[C@@H](O)[C@](C)(O)[C@@H](CC)OC(=O)[C@@H]2C)O[C@@H](C)[C@@H]1O. The summed E-state index contributed by atoms with van der Waals surface area (Å²) in [4.78, 5) is 30.3. The molecule has 3 N–H and O–H groups in total. The summed E-state index contributed by atoms with van der Waals surface area (Å²) in [5.41, 5.74) is -4.36. The van der Waals surface area contributed by atoms with Crippen molar-refractivity contribution in [3.8, 4) is 12.3 Å². The minimum Gasteiger partial charge on any atom is -0.473 e. The van der Waals surface area contributed by atoms with Gasteiger partial charge in [0.15, 0.2) is 11.9 Å². The van der Waals surface area contributed by atoms with Crippen molar-refractivity contribution in [1.82, 2.24) is 4.90 Å². The number of nitrogens with zero attached hydrogens (tertiary/aromatic N) is 1. The Bertz CT molecular complexity index is 1320. The molecule has 3 heterocycles. The Kier molecular flexibility index (Phi) is 16.2. The Hall–Kier alpha value is -2.12. The summed E-state index contributed by atoms with van der Waals surface area (Å²) in [5, 5.41) is 33.8. The van der Waals surface area contributed by atoms with E-state index in [1.54, 1.807) is 47.8 Å². The molecular formula is C41H69NO12. The third-order valence-corrected chi connectivity index (χ3v) is 12.5. The lowest BCUT2D eigenvalue weighted by Gasteiger charge is -2.47. The molecule has 0 aromatic carbocycles. The topological polar surface area (TPSA) is 163 Å². The number of aliphatic hydroxyl groups is 3. The summed E-state index contributed by atoms with van der Waals surface area (Å²) >= 11 is 0. The summed E-state index contributed by atoms with van der Waals surface area (Å²) in [6.07, 6.45) is 4.13. The number of esters is 1. The van der Waals surface area contributed by atoms with Crippen LogP contribution in [0.4, 0.5) is 0 Å². The predicted octanol–water partition coefficient (Wildman–Crippen LogP) is 3.84. The third kappa shape index (κ3) is 10.1. The van der Waals surface area contributed by atoms with E-state index in [0.717, 1.165) is 6.42 Å². The number of terminal acetylenes is 1. The van der Waals surface area contributed by atoms with Crippen molar-refractivity contribution in [1.29, 1.82) is 0 Å². The molecule has 0 aromatic rings. The molecule has 13 heteroatoms. The first-order valence-corrected chi connectivity index (χ1v) is 19.5. The third-order valence-electron chi connectivity index (χ3n) is 12.5. The van der Waals surface area contributed by atoms with Crippen LogP contribution < -0.4 is 0 Å². The standard InChI is InChI=1S/C41H69NO12/c1-15-31-40(10,47)35(44)27(7)34(43)23(3)21-39(9,48-13)37(54-32-20-29(42(11)12)19-24(4)51-32)25(5)30(26(6)38(46)53-31)17-18-50-33-22-41(16-2,49-14)36(45)28(8)52-33/h2,17-18,23-33,35-37,44-45,47H,15,19-22H2,1,3-14H3/b18-17+/t23-,24-,25+,26-,27+,28+,29+,30?,31-,32+,33-,35-,36+,37?,39-,40-,41-/m1/s1. The average molecular weight is 768 g/mol. The monoisotopic (exact) mass is 767 g/mol. The normalized spacial score (nSPS) is 46.1. The van der Waals surface area contributed by atoms with Gasteiger partial charge in [-0.05, 0) is 79.0 Å². The molecule has 310 valence electrons. The maximum absolute atomic E-state index is 14.1. The van der Waals surface area contributed by atoms with Crippen LogP contribution in [0.1, 0.15) is 94.4 Å². The molecule has 0 spiro atoms. The lowest BCUT2D eigenvalue weighted by molar-refractivity contribution is -0.267. The molecule has 3 aliphatic heterocycles. The molecule has 0 bridgehead atoms. The Balaban J connectivity index is 2.15. The second-order valence-electron chi connectivity index (χ2n) is 16.7. The highest BCUT2D eigenvalue weighted by Crippen LogP contribution is 2.41. The van der Waals surface area contributed by atoms with Crippen LogP contribution in [0, 0.1) is 41.9 Å². The van der Waals surface area contributed by atoms with Gasteiger partial charge >= 0.3 is 5.97 Å². The van der Waals surface area contributed by atoms with E-state index in [-0.39, 0.29) is 37.2 Å².